The van der Waals surface area contributed by atoms with Crippen LogP contribution in [0.15, 0.2) is 9.59 Å². The van der Waals surface area contributed by atoms with E-state index in [2.05, 4.69) is 0 Å². The van der Waals surface area contributed by atoms with E-state index >= 15 is 0 Å². The number of nitrogens with two attached hydrogens (primary N) is 1. The lowest BCUT2D eigenvalue weighted by Crippen LogP contribution is -2.65. The molecule has 216 valence electrons. The average Bonchev–Trinajstić information content (AvgIpc) is 3.66. The summed E-state index contributed by atoms with van der Waals surface area (Å²) in [5.41, 5.74) is 3.52. The van der Waals surface area contributed by atoms with Crippen molar-refractivity contribution in [2.24, 2.45) is 28.4 Å². The number of amidine groups is 1. The molecule has 1 atom stereocenters. The van der Waals surface area contributed by atoms with Gasteiger partial charge in [0, 0.05) is 32.1 Å². The van der Waals surface area contributed by atoms with Crippen LogP contribution in [0.25, 0.3) is 0 Å². The number of aromatic hydroxyl groups is 1. The van der Waals surface area contributed by atoms with Crippen LogP contribution in [0.5, 0.6) is 5.88 Å². The van der Waals surface area contributed by atoms with Gasteiger partial charge in [-0.1, -0.05) is 0 Å². The van der Waals surface area contributed by atoms with Crippen LogP contribution in [0.3, 0.4) is 0 Å². The van der Waals surface area contributed by atoms with Crippen LogP contribution in [-0.4, -0.2) is 74.2 Å². The summed E-state index contributed by atoms with van der Waals surface area (Å²) in [4.78, 5) is 56.3. The van der Waals surface area contributed by atoms with Gasteiger partial charge in [-0.05, 0) is 81.0 Å². The van der Waals surface area contributed by atoms with Gasteiger partial charge >= 0.3 is 11.7 Å². The molecule has 40 heavy (non-hydrogen) atoms. The Morgan fingerprint density at radius 1 is 1.02 bits per heavy atom. The molecule has 3 heterocycles. The summed E-state index contributed by atoms with van der Waals surface area (Å²) in [5, 5.41) is 18.9. The van der Waals surface area contributed by atoms with Crippen LogP contribution in [0, 0.1) is 28.1 Å². The zero-order valence-electron chi connectivity index (χ0n) is 23.0. The normalized spacial score (nSPS) is 34.3. The first kappa shape index (κ1) is 25.8. The molecule has 7 rings (SSSR count). The molecule has 1 aromatic rings. The molecule has 0 aromatic carbocycles. The molecule has 4 saturated carbocycles. The number of rotatable bonds is 6. The molecule has 0 bridgehead atoms. The highest BCUT2D eigenvalue weighted by Gasteiger charge is 2.68. The summed E-state index contributed by atoms with van der Waals surface area (Å²) < 4.78 is 7.78. The predicted molar refractivity (Wildman–Crippen MR) is 143 cm³/mol. The summed E-state index contributed by atoms with van der Waals surface area (Å²) >= 11 is 0. The van der Waals surface area contributed by atoms with Gasteiger partial charge in [-0.15, -0.1) is 0 Å². The van der Waals surface area contributed by atoms with E-state index in [4.69, 9.17) is 15.9 Å². The molecule has 6 aliphatic rings. The second kappa shape index (κ2) is 8.43. The van der Waals surface area contributed by atoms with Crippen molar-refractivity contribution in [3.8, 4) is 5.88 Å². The van der Waals surface area contributed by atoms with Crippen molar-refractivity contribution >= 4 is 17.8 Å². The third-order valence-electron chi connectivity index (χ3n) is 11.4. The lowest BCUT2D eigenvalue weighted by Gasteiger charge is -2.58. The fraction of sp³-hybridized carbons (Fsp3) is 0.750. The van der Waals surface area contributed by atoms with Gasteiger partial charge < -0.3 is 20.5 Å². The number of urea groups is 1. The maximum Gasteiger partial charge on any atom is 0.334 e. The van der Waals surface area contributed by atoms with Gasteiger partial charge in [-0.2, -0.15) is 0 Å². The molecule has 2 aliphatic heterocycles. The monoisotopic (exact) mass is 554 g/mol. The number of imide groups is 1. The first-order valence-corrected chi connectivity index (χ1v) is 14.6. The van der Waals surface area contributed by atoms with E-state index in [0.29, 0.717) is 52.0 Å². The number of nitrogens with one attached hydrogen (secondary N) is 1. The summed E-state index contributed by atoms with van der Waals surface area (Å²) in [5.74, 6) is -0.653. The summed E-state index contributed by atoms with van der Waals surface area (Å²) in [6, 6.07) is -0.622. The second-order valence-corrected chi connectivity index (χ2v) is 13.6. The minimum atomic E-state index is -0.806. The number of carbonyl (C=O) groups is 2. The first-order valence-electron chi connectivity index (χ1n) is 14.6. The maximum absolute atomic E-state index is 13.7. The Morgan fingerprint density at radius 3 is 2.23 bits per heavy atom. The molecular weight excluding hydrogens is 516 g/mol. The van der Waals surface area contributed by atoms with Crippen molar-refractivity contribution in [2.45, 2.75) is 82.3 Å². The molecule has 3 spiro atoms. The highest BCUT2D eigenvalue weighted by molar-refractivity contribution is 6.07. The van der Waals surface area contributed by atoms with Crippen molar-refractivity contribution < 1.29 is 19.4 Å². The molecule has 4 aliphatic carbocycles. The number of amides is 3. The number of hydrogen-bond acceptors (Lipinski definition) is 7. The molecule has 0 radical (unpaired) electrons. The van der Waals surface area contributed by atoms with E-state index in [1.165, 1.54) is 14.0 Å². The van der Waals surface area contributed by atoms with Crippen molar-refractivity contribution in [3.63, 3.8) is 0 Å². The zero-order valence-corrected chi connectivity index (χ0v) is 23.0. The van der Waals surface area contributed by atoms with Gasteiger partial charge in [-0.25, -0.2) is 9.59 Å². The number of aromatic nitrogens is 2. The van der Waals surface area contributed by atoms with Crippen LogP contribution in [0.1, 0.15) is 75.8 Å². The Balaban J connectivity index is 1.12. The molecule has 4 N–H and O–H groups in total. The van der Waals surface area contributed by atoms with Gasteiger partial charge in [0.05, 0.1) is 13.2 Å². The van der Waals surface area contributed by atoms with Crippen molar-refractivity contribution in [1.82, 2.24) is 18.9 Å². The maximum atomic E-state index is 13.7. The van der Waals surface area contributed by atoms with Crippen molar-refractivity contribution in [2.75, 3.05) is 26.8 Å². The second-order valence-electron chi connectivity index (χ2n) is 13.6. The van der Waals surface area contributed by atoms with Crippen LogP contribution >= 0.6 is 0 Å². The van der Waals surface area contributed by atoms with E-state index in [1.54, 1.807) is 11.9 Å². The zero-order chi connectivity index (χ0) is 28.2. The Morgan fingerprint density at radius 2 is 1.70 bits per heavy atom. The van der Waals surface area contributed by atoms with Gasteiger partial charge in [0.25, 0.3) is 11.5 Å². The minimum absolute atomic E-state index is 0.126. The highest BCUT2D eigenvalue weighted by atomic mass is 16.5. The van der Waals surface area contributed by atoms with Crippen LogP contribution in [0.2, 0.25) is 0 Å². The predicted octanol–water partition coefficient (Wildman–Crippen LogP) is 1.36. The molecule has 12 heteroatoms. The number of nitrogens with zero attached hydrogens (tertiary/aromatic N) is 4. The number of likely N-dealkylation sites (N-methyl/N-ethyl adjacent to an activating group) is 1. The summed E-state index contributed by atoms with van der Waals surface area (Å²) in [6.07, 6.45) is 8.13. The van der Waals surface area contributed by atoms with Crippen molar-refractivity contribution in [3.05, 3.63) is 26.4 Å². The number of carbonyl (C=O) groups excluding carboxylic acids is 2. The average molecular weight is 555 g/mol. The summed E-state index contributed by atoms with van der Waals surface area (Å²) in [6.45, 7) is 2.06. The highest BCUT2D eigenvalue weighted by Crippen LogP contribution is 2.65. The van der Waals surface area contributed by atoms with Gasteiger partial charge in [0.2, 0.25) is 5.88 Å². The fourth-order valence-corrected chi connectivity index (χ4v) is 8.60. The Hall–Kier alpha value is -3.15. The molecular formula is C28H38N6O6. The number of hydrogen-bond donors (Lipinski definition) is 3. The lowest BCUT2D eigenvalue weighted by atomic mass is 9.51. The molecule has 2 saturated heterocycles. The Kier molecular flexibility index (Phi) is 5.44. The van der Waals surface area contributed by atoms with Gasteiger partial charge in [-0.3, -0.25) is 29.0 Å². The minimum Gasteiger partial charge on any atom is -0.494 e. The first-order chi connectivity index (χ1) is 19.0. The quantitative estimate of drug-likeness (QED) is 0.271. The van der Waals surface area contributed by atoms with Gasteiger partial charge in [0.1, 0.15) is 16.9 Å². The number of ether oxygens (including phenoxy) is 1. The standard InChI is InChI=1S/C28H38N6O6/c1-31-23(37)28(33(24(31)38)10-16-12-40-13-16)14-26(15-28)5-3-18(4-6-26)34-22(36)19(20(29)30)21(35)32(25(34)39)11-17-2-7-27(17)8-9-27/h16-18,35H,2-15H2,1H3,(H3,29,30)/t17-,18?,26?,28?/m0/s1. The SMILES string of the molecule is CN1C(=O)N(CC2COC2)C2(CC3(CCC(n4c(=O)c(C(=N)N)c(O)n(C[C@@H]5CCC56CC6)c4=O)CC3)C2)C1=O. The summed E-state index contributed by atoms with van der Waals surface area (Å²) in [7, 11) is 1.55. The third-order valence-corrected chi connectivity index (χ3v) is 11.4. The van der Waals surface area contributed by atoms with E-state index in [1.807, 2.05) is 0 Å². The molecule has 1 aromatic heterocycles. The fourth-order valence-electron chi connectivity index (χ4n) is 8.60. The molecule has 3 amide bonds. The molecule has 12 nitrogen and oxygen atoms in total. The molecule has 0 unspecified atom stereocenters. The van der Waals surface area contributed by atoms with Crippen molar-refractivity contribution in [1.29, 1.82) is 5.41 Å². The smallest absolute Gasteiger partial charge is 0.334 e. The largest absolute Gasteiger partial charge is 0.494 e. The molecule has 6 fully saturated rings. The van der Waals surface area contributed by atoms with Crippen LogP contribution < -0.4 is 17.0 Å². The van der Waals surface area contributed by atoms with Crippen LogP contribution in [-0.2, 0) is 16.1 Å². The van der Waals surface area contributed by atoms with E-state index in [-0.39, 0.29) is 46.2 Å². The van der Waals surface area contributed by atoms with Crippen LogP contribution in [0.4, 0.5) is 4.79 Å². The Labute approximate surface area is 231 Å². The topological polar surface area (TPSA) is 164 Å². The van der Waals surface area contributed by atoms with E-state index < -0.39 is 28.5 Å². The number of nitrogen functional groups attached to an aromatic ring is 1. The lowest BCUT2D eigenvalue weighted by molar-refractivity contribution is -0.152. The third kappa shape index (κ3) is 3.43. The van der Waals surface area contributed by atoms with Gasteiger partial charge in [0.15, 0.2) is 0 Å². The van der Waals surface area contributed by atoms with E-state index in [9.17, 15) is 24.3 Å². The Bertz CT molecular complexity index is 1420. The van der Waals surface area contributed by atoms with E-state index in [0.717, 1.165) is 38.5 Å².